The maximum absolute atomic E-state index is 9.44. The number of benzene rings is 1. The molecule has 6 heteroatoms. The minimum Gasteiger partial charge on any atom is -0.508 e. The van der Waals surface area contributed by atoms with Gasteiger partial charge in [0.15, 0.2) is 5.82 Å². The van der Waals surface area contributed by atoms with E-state index < -0.39 is 0 Å². The highest BCUT2D eigenvalue weighted by atomic mass is 16.3. The number of fused-ring (bicyclic) bond motifs is 1. The lowest BCUT2D eigenvalue weighted by Gasteiger charge is -2.21. The molecule has 120 valence electrons. The Balaban J connectivity index is 1.77. The van der Waals surface area contributed by atoms with Crippen molar-refractivity contribution in [1.29, 1.82) is 0 Å². The van der Waals surface area contributed by atoms with Crippen LogP contribution in [0.15, 0.2) is 48.8 Å². The van der Waals surface area contributed by atoms with Crippen LogP contribution in [-0.4, -0.2) is 26.6 Å². The third-order valence-electron chi connectivity index (χ3n) is 4.00. The van der Waals surface area contributed by atoms with Gasteiger partial charge in [-0.3, -0.25) is 4.98 Å². The van der Waals surface area contributed by atoms with E-state index in [1.807, 2.05) is 24.3 Å². The fraction of sp³-hybridized carbons (Fsp3) is 0.167. The van der Waals surface area contributed by atoms with Crippen molar-refractivity contribution in [2.75, 3.05) is 11.9 Å². The smallest absolute Gasteiger partial charge is 0.161 e. The average Bonchev–Trinajstić information content (AvgIpc) is 2.64. The van der Waals surface area contributed by atoms with Crippen LogP contribution in [0.4, 0.5) is 11.5 Å². The first-order valence-electron chi connectivity index (χ1n) is 7.86. The molecule has 3 heterocycles. The maximum Gasteiger partial charge on any atom is 0.161 e. The van der Waals surface area contributed by atoms with Crippen molar-refractivity contribution < 1.29 is 5.11 Å². The van der Waals surface area contributed by atoms with Crippen LogP contribution in [0.25, 0.3) is 11.4 Å². The highest BCUT2D eigenvalue weighted by Gasteiger charge is 2.18. The van der Waals surface area contributed by atoms with Crippen LogP contribution >= 0.6 is 0 Å². The van der Waals surface area contributed by atoms with Gasteiger partial charge in [0.25, 0.3) is 0 Å². The summed E-state index contributed by atoms with van der Waals surface area (Å²) in [6.45, 7) is 1.66. The molecule has 3 N–H and O–H groups in total. The topological polar surface area (TPSA) is 83.0 Å². The molecule has 0 amide bonds. The van der Waals surface area contributed by atoms with Crippen molar-refractivity contribution in [1.82, 2.24) is 20.3 Å². The predicted molar refractivity (Wildman–Crippen MR) is 92.1 cm³/mol. The van der Waals surface area contributed by atoms with Gasteiger partial charge in [-0.2, -0.15) is 0 Å². The Morgan fingerprint density at radius 1 is 1.00 bits per heavy atom. The number of phenols is 1. The fourth-order valence-corrected chi connectivity index (χ4v) is 2.76. The number of aromatic hydroxyl groups is 1. The largest absolute Gasteiger partial charge is 0.508 e. The molecule has 0 atom stereocenters. The average molecular weight is 319 g/mol. The van der Waals surface area contributed by atoms with Crippen LogP contribution in [0.1, 0.15) is 11.3 Å². The van der Waals surface area contributed by atoms with Crippen LogP contribution < -0.4 is 10.6 Å². The first kappa shape index (κ1) is 14.6. The Bertz CT molecular complexity index is 849. The van der Waals surface area contributed by atoms with Crippen LogP contribution in [0.2, 0.25) is 0 Å². The minimum atomic E-state index is 0.240. The lowest BCUT2D eigenvalue weighted by atomic mass is 10.1. The fourth-order valence-electron chi connectivity index (χ4n) is 2.76. The van der Waals surface area contributed by atoms with Crippen molar-refractivity contribution in [3.8, 4) is 17.1 Å². The molecule has 1 aliphatic heterocycles. The van der Waals surface area contributed by atoms with Crippen LogP contribution in [0.5, 0.6) is 5.75 Å². The predicted octanol–water partition coefficient (Wildman–Crippen LogP) is 2.63. The molecule has 1 aliphatic rings. The number of phenolic OH excluding ortho intramolecular Hbond substituents is 1. The zero-order valence-corrected chi connectivity index (χ0v) is 13.0. The summed E-state index contributed by atoms with van der Waals surface area (Å²) < 4.78 is 0. The van der Waals surface area contributed by atoms with Crippen molar-refractivity contribution in [2.45, 2.75) is 13.0 Å². The van der Waals surface area contributed by atoms with Crippen molar-refractivity contribution >= 4 is 11.5 Å². The number of pyridine rings is 1. The number of nitrogens with zero attached hydrogens (tertiary/aromatic N) is 3. The highest BCUT2D eigenvalue weighted by molar-refractivity contribution is 5.65. The molecule has 0 saturated carbocycles. The molecule has 6 nitrogen and oxygen atoms in total. The SMILES string of the molecule is Oc1ccc(Nc2nc(-c3ccncc3)nc3c2CNCC3)cc1. The van der Waals surface area contributed by atoms with Gasteiger partial charge in [0.2, 0.25) is 0 Å². The van der Waals surface area contributed by atoms with Crippen molar-refractivity contribution in [3.05, 3.63) is 60.0 Å². The van der Waals surface area contributed by atoms with Gasteiger partial charge in [0.05, 0.1) is 5.69 Å². The Kier molecular flexibility index (Phi) is 3.80. The number of anilines is 2. The molecular formula is C18H17N5O. The molecule has 0 spiro atoms. The first-order valence-corrected chi connectivity index (χ1v) is 7.86. The van der Waals surface area contributed by atoms with E-state index in [-0.39, 0.29) is 5.75 Å². The summed E-state index contributed by atoms with van der Waals surface area (Å²) in [5.41, 5.74) is 3.98. The van der Waals surface area contributed by atoms with Gasteiger partial charge in [-0.05, 0) is 36.4 Å². The first-order chi connectivity index (χ1) is 11.8. The van der Waals surface area contributed by atoms with Gasteiger partial charge in [0.1, 0.15) is 11.6 Å². The maximum atomic E-state index is 9.44. The number of rotatable bonds is 3. The van der Waals surface area contributed by atoms with E-state index in [1.165, 1.54) is 0 Å². The molecule has 0 saturated heterocycles. The number of aromatic nitrogens is 3. The third-order valence-corrected chi connectivity index (χ3v) is 4.00. The molecule has 24 heavy (non-hydrogen) atoms. The second-order valence-corrected chi connectivity index (χ2v) is 5.66. The molecule has 0 radical (unpaired) electrons. The lowest BCUT2D eigenvalue weighted by molar-refractivity contribution is 0.475. The van der Waals surface area contributed by atoms with Crippen LogP contribution in [-0.2, 0) is 13.0 Å². The Labute approximate surface area is 139 Å². The summed E-state index contributed by atoms with van der Waals surface area (Å²) in [5.74, 6) is 1.73. The summed E-state index contributed by atoms with van der Waals surface area (Å²) >= 11 is 0. The van der Waals surface area contributed by atoms with Gasteiger partial charge >= 0.3 is 0 Å². The zero-order chi connectivity index (χ0) is 16.4. The number of hydrogen-bond donors (Lipinski definition) is 3. The molecule has 4 rings (SSSR count). The highest BCUT2D eigenvalue weighted by Crippen LogP contribution is 2.27. The van der Waals surface area contributed by atoms with Gasteiger partial charge in [-0.1, -0.05) is 0 Å². The monoisotopic (exact) mass is 319 g/mol. The number of nitrogens with one attached hydrogen (secondary N) is 2. The van der Waals surface area contributed by atoms with Gasteiger partial charge in [-0.25, -0.2) is 9.97 Å². The van der Waals surface area contributed by atoms with Crippen molar-refractivity contribution in [2.24, 2.45) is 0 Å². The molecule has 0 unspecified atom stereocenters. The molecule has 0 aliphatic carbocycles. The molecule has 3 aromatic rings. The van der Waals surface area contributed by atoms with Gasteiger partial charge < -0.3 is 15.7 Å². The summed E-state index contributed by atoms with van der Waals surface area (Å²) in [6, 6.07) is 10.8. The molecular weight excluding hydrogens is 302 g/mol. The normalized spacial score (nSPS) is 13.3. The molecule has 0 bridgehead atoms. The molecule has 2 aromatic heterocycles. The summed E-state index contributed by atoms with van der Waals surface area (Å²) in [6.07, 6.45) is 4.36. The van der Waals surface area contributed by atoms with E-state index in [0.29, 0.717) is 5.82 Å². The lowest BCUT2D eigenvalue weighted by Crippen LogP contribution is -2.26. The van der Waals surface area contributed by atoms with E-state index >= 15 is 0 Å². The Hall–Kier alpha value is -2.99. The van der Waals surface area contributed by atoms with Gasteiger partial charge in [0, 0.05) is 48.7 Å². The van der Waals surface area contributed by atoms with Crippen LogP contribution in [0.3, 0.4) is 0 Å². The van der Waals surface area contributed by atoms with E-state index in [0.717, 1.165) is 47.8 Å². The van der Waals surface area contributed by atoms with Crippen LogP contribution in [0, 0.1) is 0 Å². The second-order valence-electron chi connectivity index (χ2n) is 5.66. The second kappa shape index (κ2) is 6.25. The third kappa shape index (κ3) is 2.91. The number of hydrogen-bond acceptors (Lipinski definition) is 6. The van der Waals surface area contributed by atoms with E-state index in [1.54, 1.807) is 24.5 Å². The summed E-state index contributed by atoms with van der Waals surface area (Å²) in [5, 5.41) is 16.2. The quantitative estimate of drug-likeness (QED) is 0.644. The zero-order valence-electron chi connectivity index (χ0n) is 13.0. The molecule has 0 fully saturated rings. The van der Waals surface area contributed by atoms with Gasteiger partial charge in [-0.15, -0.1) is 0 Å². The summed E-state index contributed by atoms with van der Waals surface area (Å²) in [7, 11) is 0. The Morgan fingerprint density at radius 2 is 1.79 bits per heavy atom. The van der Waals surface area contributed by atoms with E-state index in [9.17, 15) is 5.11 Å². The molecule has 1 aromatic carbocycles. The summed E-state index contributed by atoms with van der Waals surface area (Å²) in [4.78, 5) is 13.5. The van der Waals surface area contributed by atoms with Crippen molar-refractivity contribution in [3.63, 3.8) is 0 Å². The standard InChI is InChI=1S/C18H17N5O/c24-14-3-1-13(2-4-14)21-18-15-11-20-10-7-16(15)22-17(23-18)12-5-8-19-9-6-12/h1-6,8-9,20,24H,7,10-11H2,(H,21,22,23). The van der Waals surface area contributed by atoms with E-state index in [2.05, 4.69) is 15.6 Å². The van der Waals surface area contributed by atoms with E-state index in [4.69, 9.17) is 9.97 Å². The minimum absolute atomic E-state index is 0.240. The Morgan fingerprint density at radius 3 is 2.58 bits per heavy atom.